The van der Waals surface area contributed by atoms with Gasteiger partial charge in [-0.25, -0.2) is 0 Å². The highest BCUT2D eigenvalue weighted by molar-refractivity contribution is 5.94. The fraction of sp³-hybridized carbons (Fsp3) is 0.154. The van der Waals surface area contributed by atoms with Crippen LogP contribution >= 0.6 is 0 Å². The third-order valence-electron chi connectivity index (χ3n) is 2.51. The third kappa shape index (κ3) is 2.95. The van der Waals surface area contributed by atoms with Crippen molar-refractivity contribution in [3.8, 4) is 0 Å². The summed E-state index contributed by atoms with van der Waals surface area (Å²) in [6, 6.07) is 9.22. The molecular weight excluding hydrogens is 216 g/mol. The van der Waals surface area contributed by atoms with E-state index < -0.39 is 5.91 Å². The van der Waals surface area contributed by atoms with Gasteiger partial charge in [0.25, 0.3) is 0 Å². The van der Waals surface area contributed by atoms with Gasteiger partial charge >= 0.3 is 0 Å². The zero-order valence-corrected chi connectivity index (χ0v) is 9.35. The van der Waals surface area contributed by atoms with Crippen molar-refractivity contribution in [2.24, 2.45) is 5.73 Å². The molecule has 0 spiro atoms. The molecule has 2 rings (SSSR count). The van der Waals surface area contributed by atoms with E-state index in [4.69, 9.17) is 10.2 Å². The minimum absolute atomic E-state index is 0.397. The van der Waals surface area contributed by atoms with Crippen LogP contribution in [0.5, 0.6) is 0 Å². The smallest absolute Gasteiger partial charge is 0.249 e. The van der Waals surface area contributed by atoms with Gasteiger partial charge in [0.2, 0.25) is 5.91 Å². The normalized spacial score (nSPS) is 10.4. The average molecular weight is 230 g/mol. The maximum atomic E-state index is 11.2. The maximum Gasteiger partial charge on any atom is 0.249 e. The molecule has 17 heavy (non-hydrogen) atoms. The topological polar surface area (TPSA) is 68.3 Å². The molecule has 4 nitrogen and oxygen atoms in total. The number of nitrogens with two attached hydrogens (primary N) is 1. The molecule has 1 heterocycles. The number of benzene rings is 1. The number of carbonyl (C=O) groups is 1. The Bertz CT molecular complexity index is 492. The third-order valence-corrected chi connectivity index (χ3v) is 2.51. The first-order valence-corrected chi connectivity index (χ1v) is 5.37. The number of nitrogens with one attached hydrogen (secondary N) is 1. The molecule has 0 aliphatic rings. The van der Waals surface area contributed by atoms with Gasteiger partial charge in [-0.1, -0.05) is 18.2 Å². The van der Waals surface area contributed by atoms with Gasteiger partial charge in [0.15, 0.2) is 0 Å². The van der Waals surface area contributed by atoms with Crippen LogP contribution in [0, 0.1) is 0 Å². The minimum atomic E-state index is -0.397. The van der Waals surface area contributed by atoms with Crippen LogP contribution in [-0.4, -0.2) is 5.91 Å². The summed E-state index contributed by atoms with van der Waals surface area (Å²) >= 11 is 0. The second-order valence-corrected chi connectivity index (χ2v) is 3.76. The fourth-order valence-corrected chi connectivity index (χ4v) is 1.65. The van der Waals surface area contributed by atoms with E-state index in [1.54, 1.807) is 24.7 Å². The summed E-state index contributed by atoms with van der Waals surface area (Å²) in [5.41, 5.74) is 7.84. The molecule has 1 amide bonds. The van der Waals surface area contributed by atoms with Crippen LogP contribution in [0.1, 0.15) is 21.5 Å². The Morgan fingerprint density at radius 3 is 2.76 bits per heavy atom. The highest BCUT2D eigenvalue weighted by atomic mass is 16.3. The minimum Gasteiger partial charge on any atom is -0.472 e. The molecule has 3 N–H and O–H groups in total. The molecule has 0 atom stereocenters. The van der Waals surface area contributed by atoms with Crippen LogP contribution in [0.3, 0.4) is 0 Å². The predicted octanol–water partition coefficient (Wildman–Crippen LogP) is 1.67. The first-order chi connectivity index (χ1) is 8.27. The van der Waals surface area contributed by atoms with Gasteiger partial charge in [-0.3, -0.25) is 4.79 Å². The van der Waals surface area contributed by atoms with Crippen molar-refractivity contribution in [3.63, 3.8) is 0 Å². The highest BCUT2D eigenvalue weighted by Gasteiger charge is 2.06. The zero-order valence-electron chi connectivity index (χ0n) is 9.35. The molecule has 0 fully saturated rings. The molecule has 0 saturated heterocycles. The van der Waals surface area contributed by atoms with Gasteiger partial charge in [0.05, 0.1) is 12.5 Å². The summed E-state index contributed by atoms with van der Waals surface area (Å²) in [5.74, 6) is -0.397. The Labute approximate surface area is 99.4 Å². The van der Waals surface area contributed by atoms with Gasteiger partial charge in [-0.2, -0.15) is 0 Å². The summed E-state index contributed by atoms with van der Waals surface area (Å²) in [5, 5.41) is 3.23. The molecule has 0 bridgehead atoms. The predicted molar refractivity (Wildman–Crippen MR) is 64.2 cm³/mol. The maximum absolute atomic E-state index is 11.2. The van der Waals surface area contributed by atoms with Crippen LogP contribution in [0.15, 0.2) is 47.3 Å². The lowest BCUT2D eigenvalue weighted by Gasteiger charge is -2.07. The molecule has 0 aliphatic heterocycles. The van der Waals surface area contributed by atoms with Crippen molar-refractivity contribution in [3.05, 3.63) is 59.5 Å². The van der Waals surface area contributed by atoms with Gasteiger partial charge < -0.3 is 15.5 Å². The van der Waals surface area contributed by atoms with Crippen molar-refractivity contribution in [2.45, 2.75) is 13.1 Å². The monoisotopic (exact) mass is 230 g/mol. The molecule has 0 radical (unpaired) electrons. The van der Waals surface area contributed by atoms with Crippen LogP contribution in [0.4, 0.5) is 0 Å². The van der Waals surface area contributed by atoms with E-state index >= 15 is 0 Å². The Kier molecular flexibility index (Phi) is 3.57. The number of amides is 1. The lowest BCUT2D eigenvalue weighted by Crippen LogP contribution is -2.18. The van der Waals surface area contributed by atoms with Crippen molar-refractivity contribution in [2.75, 3.05) is 0 Å². The SMILES string of the molecule is NC(=O)c1ccccc1CNCc1ccoc1. The molecule has 0 aliphatic carbocycles. The first-order valence-electron chi connectivity index (χ1n) is 5.37. The van der Waals surface area contributed by atoms with E-state index in [0.29, 0.717) is 18.7 Å². The number of primary amides is 1. The number of hydrogen-bond acceptors (Lipinski definition) is 3. The largest absolute Gasteiger partial charge is 0.472 e. The summed E-state index contributed by atoms with van der Waals surface area (Å²) in [4.78, 5) is 11.2. The Balaban J connectivity index is 1.97. The summed E-state index contributed by atoms with van der Waals surface area (Å²) in [7, 11) is 0. The number of carbonyl (C=O) groups excluding carboxylic acids is 1. The fourth-order valence-electron chi connectivity index (χ4n) is 1.65. The van der Waals surface area contributed by atoms with E-state index in [-0.39, 0.29) is 0 Å². The van der Waals surface area contributed by atoms with Crippen molar-refractivity contribution in [1.82, 2.24) is 5.32 Å². The van der Waals surface area contributed by atoms with Gasteiger partial charge in [0.1, 0.15) is 0 Å². The molecule has 0 unspecified atom stereocenters. The Morgan fingerprint density at radius 1 is 1.24 bits per heavy atom. The van der Waals surface area contributed by atoms with Crippen LogP contribution in [-0.2, 0) is 13.1 Å². The first kappa shape index (κ1) is 11.4. The lowest BCUT2D eigenvalue weighted by atomic mass is 10.1. The van der Waals surface area contributed by atoms with Crippen molar-refractivity contribution < 1.29 is 9.21 Å². The van der Waals surface area contributed by atoms with E-state index in [1.807, 2.05) is 18.2 Å². The van der Waals surface area contributed by atoms with Gasteiger partial charge in [-0.05, 0) is 17.7 Å². The molecule has 1 aromatic carbocycles. The molecule has 88 valence electrons. The molecule has 2 aromatic rings. The van der Waals surface area contributed by atoms with E-state index in [2.05, 4.69) is 5.32 Å². The quantitative estimate of drug-likeness (QED) is 0.821. The summed E-state index contributed by atoms with van der Waals surface area (Å²) in [6.07, 6.45) is 3.32. The zero-order chi connectivity index (χ0) is 12.1. The average Bonchev–Trinajstić information content (AvgIpc) is 2.82. The second kappa shape index (κ2) is 5.32. The van der Waals surface area contributed by atoms with Gasteiger partial charge in [0, 0.05) is 24.2 Å². The number of rotatable bonds is 5. The second-order valence-electron chi connectivity index (χ2n) is 3.76. The van der Waals surface area contributed by atoms with E-state index in [9.17, 15) is 4.79 Å². The van der Waals surface area contributed by atoms with Crippen molar-refractivity contribution in [1.29, 1.82) is 0 Å². The van der Waals surface area contributed by atoms with Gasteiger partial charge in [-0.15, -0.1) is 0 Å². The molecule has 1 aromatic heterocycles. The summed E-state index contributed by atoms with van der Waals surface area (Å²) < 4.78 is 4.97. The Hall–Kier alpha value is -2.07. The van der Waals surface area contributed by atoms with Crippen molar-refractivity contribution >= 4 is 5.91 Å². The van der Waals surface area contributed by atoms with Crippen LogP contribution in [0.25, 0.3) is 0 Å². The Morgan fingerprint density at radius 2 is 2.06 bits per heavy atom. The molecule has 4 heteroatoms. The van der Waals surface area contributed by atoms with Crippen LogP contribution in [0.2, 0.25) is 0 Å². The molecule has 0 saturated carbocycles. The highest BCUT2D eigenvalue weighted by Crippen LogP contribution is 2.08. The van der Waals surface area contributed by atoms with E-state index in [0.717, 1.165) is 11.1 Å². The van der Waals surface area contributed by atoms with Crippen LogP contribution < -0.4 is 11.1 Å². The molecular formula is C13H14N2O2. The number of hydrogen-bond donors (Lipinski definition) is 2. The van der Waals surface area contributed by atoms with E-state index in [1.165, 1.54) is 0 Å². The standard InChI is InChI=1S/C13H14N2O2/c14-13(16)12-4-2-1-3-11(12)8-15-7-10-5-6-17-9-10/h1-6,9,15H,7-8H2,(H2,14,16). The summed E-state index contributed by atoms with van der Waals surface area (Å²) in [6.45, 7) is 1.30. The lowest BCUT2D eigenvalue weighted by molar-refractivity contribution is 0.0999. The number of furan rings is 1.